The van der Waals surface area contributed by atoms with Gasteiger partial charge in [-0.1, -0.05) is 41.7 Å². The third-order valence-corrected chi connectivity index (χ3v) is 6.69. The number of benzene rings is 2. The van der Waals surface area contributed by atoms with Crippen molar-refractivity contribution in [2.24, 2.45) is 0 Å². The zero-order valence-electron chi connectivity index (χ0n) is 16.9. The van der Waals surface area contributed by atoms with Crippen LogP contribution in [0.15, 0.2) is 78.0 Å². The monoisotopic (exact) mass is 505 g/mol. The first-order valence-corrected chi connectivity index (χ1v) is 11.8. The van der Waals surface area contributed by atoms with Crippen molar-refractivity contribution >= 4 is 38.1 Å². The zero-order valence-corrected chi connectivity index (χ0v) is 18.6. The van der Waals surface area contributed by atoms with E-state index in [4.69, 9.17) is 0 Å². The molecule has 8 nitrogen and oxygen atoms in total. The predicted octanol–water partition coefficient (Wildman–Crippen LogP) is 4.67. The lowest BCUT2D eigenvalue weighted by Crippen LogP contribution is -2.20. The molecule has 0 radical (unpaired) electrons. The van der Waals surface area contributed by atoms with E-state index < -0.39 is 33.4 Å². The molecule has 4 aromatic rings. The average Bonchev–Trinajstić information content (AvgIpc) is 3.28. The molecule has 174 valence electrons. The Hall–Kier alpha value is -3.84. The molecule has 13 heteroatoms. The molecule has 0 saturated heterocycles. The van der Waals surface area contributed by atoms with Crippen molar-refractivity contribution in [3.63, 3.8) is 0 Å². The van der Waals surface area contributed by atoms with Gasteiger partial charge in [-0.15, -0.1) is 10.2 Å². The second-order valence-electron chi connectivity index (χ2n) is 6.78. The van der Waals surface area contributed by atoms with Crippen LogP contribution in [0.3, 0.4) is 0 Å². The normalized spacial score (nSPS) is 11.7. The number of nitrogens with zero attached hydrogens (tertiary/aromatic N) is 3. The average molecular weight is 506 g/mol. The van der Waals surface area contributed by atoms with E-state index in [9.17, 15) is 26.4 Å². The van der Waals surface area contributed by atoms with Gasteiger partial charge >= 0.3 is 6.18 Å². The molecular formula is C21H14F3N5O3S2. The number of anilines is 2. The fourth-order valence-electron chi connectivity index (χ4n) is 2.85. The molecule has 0 bridgehead atoms. The maximum atomic E-state index is 13.3. The molecule has 0 aliphatic heterocycles. The summed E-state index contributed by atoms with van der Waals surface area (Å²) in [5.41, 5.74) is -1.25. The van der Waals surface area contributed by atoms with Gasteiger partial charge in [-0.05, 0) is 30.3 Å². The van der Waals surface area contributed by atoms with E-state index in [1.165, 1.54) is 18.3 Å². The second kappa shape index (κ2) is 9.19. The van der Waals surface area contributed by atoms with Gasteiger partial charge in [-0.3, -0.25) is 19.8 Å². The molecular weight excluding hydrogens is 491 g/mol. The van der Waals surface area contributed by atoms with Crippen LogP contribution in [0, 0.1) is 0 Å². The van der Waals surface area contributed by atoms with E-state index in [0.717, 1.165) is 29.2 Å². The van der Waals surface area contributed by atoms with Crippen LogP contribution < -0.4 is 10.0 Å². The van der Waals surface area contributed by atoms with Crippen molar-refractivity contribution in [1.82, 2.24) is 15.2 Å². The van der Waals surface area contributed by atoms with Gasteiger partial charge in [0.2, 0.25) is 5.13 Å². The van der Waals surface area contributed by atoms with Crippen molar-refractivity contribution in [1.29, 1.82) is 0 Å². The van der Waals surface area contributed by atoms with Crippen molar-refractivity contribution in [2.75, 3.05) is 10.0 Å². The number of pyridine rings is 1. The lowest BCUT2D eigenvalue weighted by atomic mass is 10.1. The predicted molar refractivity (Wildman–Crippen MR) is 120 cm³/mol. The fraction of sp³-hybridized carbons (Fsp3) is 0.0476. The Morgan fingerprint density at radius 3 is 2.41 bits per heavy atom. The highest BCUT2D eigenvalue weighted by molar-refractivity contribution is 7.92. The number of nitrogens with one attached hydrogen (secondary N) is 2. The van der Waals surface area contributed by atoms with Crippen LogP contribution >= 0.6 is 11.3 Å². The van der Waals surface area contributed by atoms with Gasteiger partial charge in [-0.2, -0.15) is 13.2 Å². The number of rotatable bonds is 6. The van der Waals surface area contributed by atoms with Gasteiger partial charge in [0.25, 0.3) is 15.9 Å². The number of aromatic nitrogens is 3. The number of sulfonamides is 1. The van der Waals surface area contributed by atoms with Gasteiger partial charge in [-0.25, -0.2) is 8.42 Å². The molecule has 1 amide bonds. The minimum absolute atomic E-state index is 0.0878. The van der Waals surface area contributed by atoms with Crippen LogP contribution in [0.4, 0.5) is 24.0 Å². The van der Waals surface area contributed by atoms with Crippen molar-refractivity contribution in [3.05, 3.63) is 84.2 Å². The molecule has 4 rings (SSSR count). The molecule has 0 unspecified atom stereocenters. The second-order valence-corrected chi connectivity index (χ2v) is 9.44. The highest BCUT2D eigenvalue weighted by Crippen LogP contribution is 2.34. The lowest BCUT2D eigenvalue weighted by molar-refractivity contribution is -0.137. The summed E-state index contributed by atoms with van der Waals surface area (Å²) in [4.78, 5) is 16.3. The first-order chi connectivity index (χ1) is 16.1. The topological polar surface area (TPSA) is 114 Å². The molecule has 2 aromatic heterocycles. The Kier molecular flexibility index (Phi) is 6.30. The van der Waals surface area contributed by atoms with Gasteiger partial charge in [0.1, 0.15) is 9.90 Å². The SMILES string of the molecule is O=C(Nc1nnc(-c2ccccc2)s1)c1ccc(C(F)(F)F)cc1NS(=O)(=O)c1cccnc1. The molecule has 0 aliphatic rings. The van der Waals surface area contributed by atoms with E-state index in [-0.39, 0.29) is 15.6 Å². The number of alkyl halides is 3. The van der Waals surface area contributed by atoms with Crippen LogP contribution in [-0.4, -0.2) is 29.5 Å². The van der Waals surface area contributed by atoms with Crippen molar-refractivity contribution in [2.45, 2.75) is 11.1 Å². The molecule has 2 aromatic carbocycles. The quantitative estimate of drug-likeness (QED) is 0.394. The van der Waals surface area contributed by atoms with E-state index in [1.54, 1.807) is 24.3 Å². The zero-order chi connectivity index (χ0) is 24.3. The first kappa shape index (κ1) is 23.3. The number of hydrogen-bond donors (Lipinski definition) is 2. The standard InChI is InChI=1S/C21H14F3N5O3S2/c22-21(23,24)14-8-9-16(17(11-14)29-34(31,32)15-7-4-10-25-12-15)18(30)26-20-28-27-19(33-20)13-5-2-1-3-6-13/h1-12,29H,(H,26,28,30). The van der Waals surface area contributed by atoms with E-state index in [1.807, 2.05) is 6.07 Å². The largest absolute Gasteiger partial charge is 0.416 e. The molecule has 0 atom stereocenters. The molecule has 0 spiro atoms. The summed E-state index contributed by atoms with van der Waals surface area (Å²) in [6.45, 7) is 0. The molecule has 34 heavy (non-hydrogen) atoms. The van der Waals surface area contributed by atoms with Gasteiger partial charge in [0, 0.05) is 18.0 Å². The Morgan fingerprint density at radius 2 is 1.74 bits per heavy atom. The Morgan fingerprint density at radius 1 is 0.971 bits per heavy atom. The number of halogens is 3. The number of carbonyl (C=O) groups is 1. The van der Waals surface area contributed by atoms with E-state index >= 15 is 0 Å². The minimum Gasteiger partial charge on any atom is -0.296 e. The van der Waals surface area contributed by atoms with Crippen LogP contribution in [0.2, 0.25) is 0 Å². The summed E-state index contributed by atoms with van der Waals surface area (Å²) in [6, 6.07) is 13.7. The van der Waals surface area contributed by atoms with E-state index in [2.05, 4.69) is 25.2 Å². The molecule has 2 heterocycles. The highest BCUT2D eigenvalue weighted by atomic mass is 32.2. The van der Waals surface area contributed by atoms with Crippen LogP contribution in [-0.2, 0) is 16.2 Å². The fourth-order valence-corrected chi connectivity index (χ4v) is 4.63. The summed E-state index contributed by atoms with van der Waals surface area (Å²) >= 11 is 1.05. The maximum absolute atomic E-state index is 13.3. The van der Waals surface area contributed by atoms with Gasteiger partial charge in [0.15, 0.2) is 0 Å². The number of hydrogen-bond acceptors (Lipinski definition) is 7. The molecule has 0 fully saturated rings. The van der Waals surface area contributed by atoms with Crippen LogP contribution in [0.25, 0.3) is 10.6 Å². The summed E-state index contributed by atoms with van der Waals surface area (Å²) in [5.74, 6) is -0.867. The summed E-state index contributed by atoms with van der Waals surface area (Å²) in [5, 5.41) is 10.9. The number of amides is 1. The van der Waals surface area contributed by atoms with E-state index in [0.29, 0.717) is 17.1 Å². The van der Waals surface area contributed by atoms with Crippen LogP contribution in [0.1, 0.15) is 15.9 Å². The Labute approximate surface area is 195 Å². The number of carbonyl (C=O) groups excluding carboxylic acids is 1. The molecule has 0 saturated carbocycles. The van der Waals surface area contributed by atoms with Crippen molar-refractivity contribution < 1.29 is 26.4 Å². The summed E-state index contributed by atoms with van der Waals surface area (Å²) in [7, 11) is -4.32. The Balaban J connectivity index is 1.66. The summed E-state index contributed by atoms with van der Waals surface area (Å²) < 4.78 is 67.2. The Bertz CT molecular complexity index is 1430. The molecule has 2 N–H and O–H groups in total. The lowest BCUT2D eigenvalue weighted by Gasteiger charge is -2.15. The maximum Gasteiger partial charge on any atom is 0.416 e. The smallest absolute Gasteiger partial charge is 0.296 e. The minimum atomic E-state index is -4.76. The third-order valence-electron chi connectivity index (χ3n) is 4.45. The third kappa shape index (κ3) is 5.21. The van der Waals surface area contributed by atoms with Gasteiger partial charge in [0.05, 0.1) is 16.8 Å². The van der Waals surface area contributed by atoms with Gasteiger partial charge < -0.3 is 0 Å². The first-order valence-electron chi connectivity index (χ1n) is 9.48. The highest BCUT2D eigenvalue weighted by Gasteiger charge is 2.32. The van der Waals surface area contributed by atoms with Crippen molar-refractivity contribution in [3.8, 4) is 10.6 Å². The molecule has 0 aliphatic carbocycles. The van der Waals surface area contributed by atoms with Crippen LogP contribution in [0.5, 0.6) is 0 Å². The summed E-state index contributed by atoms with van der Waals surface area (Å²) in [6.07, 6.45) is -2.39.